The van der Waals surface area contributed by atoms with Gasteiger partial charge in [-0.05, 0) is 48.7 Å². The lowest BCUT2D eigenvalue weighted by molar-refractivity contribution is 0.321. The quantitative estimate of drug-likeness (QED) is 0.796. The zero-order valence-corrected chi connectivity index (χ0v) is 10.9. The highest BCUT2D eigenvalue weighted by Gasteiger charge is 2.05. The van der Waals surface area contributed by atoms with E-state index in [9.17, 15) is 4.39 Å². The van der Waals surface area contributed by atoms with Gasteiger partial charge < -0.3 is 0 Å². The van der Waals surface area contributed by atoms with Crippen molar-refractivity contribution in [2.75, 3.05) is 7.05 Å². The molecule has 1 heterocycles. The standard InChI is InChI=1S/C14H16FNS/c1-11-6-7-17-14(11)10-16(2)9-12-4-3-5-13(15)8-12/h3-8H,9-10H2,1-2H3. The smallest absolute Gasteiger partial charge is 0.123 e. The SMILES string of the molecule is Cc1ccsc1CN(C)Cc1cccc(F)c1. The number of rotatable bonds is 4. The fourth-order valence-electron chi connectivity index (χ4n) is 1.81. The van der Waals surface area contributed by atoms with E-state index in [4.69, 9.17) is 0 Å². The maximum atomic E-state index is 13.0. The number of hydrogen-bond acceptors (Lipinski definition) is 2. The van der Waals surface area contributed by atoms with E-state index in [0.29, 0.717) is 0 Å². The van der Waals surface area contributed by atoms with Crippen molar-refractivity contribution in [3.63, 3.8) is 0 Å². The van der Waals surface area contributed by atoms with Crippen molar-refractivity contribution in [2.24, 2.45) is 0 Å². The van der Waals surface area contributed by atoms with Crippen LogP contribution in [0.4, 0.5) is 4.39 Å². The summed E-state index contributed by atoms with van der Waals surface area (Å²) >= 11 is 1.78. The Balaban J connectivity index is 1.98. The number of benzene rings is 1. The molecule has 17 heavy (non-hydrogen) atoms. The molecule has 0 aliphatic carbocycles. The summed E-state index contributed by atoms with van der Waals surface area (Å²) in [5, 5.41) is 2.11. The van der Waals surface area contributed by atoms with Crippen LogP contribution in [0.2, 0.25) is 0 Å². The Morgan fingerprint density at radius 2 is 2.06 bits per heavy atom. The lowest BCUT2D eigenvalue weighted by Gasteiger charge is -2.16. The van der Waals surface area contributed by atoms with Gasteiger partial charge in [0.1, 0.15) is 5.82 Å². The summed E-state index contributed by atoms with van der Waals surface area (Å²) in [6.07, 6.45) is 0. The molecule has 0 unspecified atom stereocenters. The Labute approximate surface area is 106 Å². The third-order valence-electron chi connectivity index (χ3n) is 2.72. The van der Waals surface area contributed by atoms with E-state index in [1.54, 1.807) is 23.5 Å². The first-order valence-electron chi connectivity index (χ1n) is 5.61. The van der Waals surface area contributed by atoms with Crippen LogP contribution in [-0.2, 0) is 13.1 Å². The monoisotopic (exact) mass is 249 g/mol. The second-order valence-corrected chi connectivity index (χ2v) is 5.33. The Bertz CT molecular complexity index is 492. The van der Waals surface area contributed by atoms with Gasteiger partial charge in [-0.3, -0.25) is 4.90 Å². The molecule has 0 atom stereocenters. The molecule has 3 heteroatoms. The maximum absolute atomic E-state index is 13.0. The van der Waals surface area contributed by atoms with Crippen LogP contribution in [0.25, 0.3) is 0 Å². The number of hydrogen-bond donors (Lipinski definition) is 0. The topological polar surface area (TPSA) is 3.24 Å². The van der Waals surface area contributed by atoms with Gasteiger partial charge in [0.2, 0.25) is 0 Å². The molecule has 1 nitrogen and oxygen atoms in total. The molecular weight excluding hydrogens is 233 g/mol. The molecule has 0 fully saturated rings. The molecule has 0 saturated heterocycles. The molecule has 0 aliphatic rings. The predicted octanol–water partition coefficient (Wildman–Crippen LogP) is 3.83. The molecule has 0 N–H and O–H groups in total. The highest BCUT2D eigenvalue weighted by molar-refractivity contribution is 7.10. The average molecular weight is 249 g/mol. The van der Waals surface area contributed by atoms with E-state index < -0.39 is 0 Å². The van der Waals surface area contributed by atoms with Crippen LogP contribution >= 0.6 is 11.3 Å². The molecule has 0 bridgehead atoms. The normalized spacial score (nSPS) is 11.1. The summed E-state index contributed by atoms with van der Waals surface area (Å²) in [6.45, 7) is 3.82. The van der Waals surface area contributed by atoms with Crippen LogP contribution in [0.1, 0.15) is 16.0 Å². The number of aryl methyl sites for hydroxylation is 1. The van der Waals surface area contributed by atoms with Crippen molar-refractivity contribution in [3.8, 4) is 0 Å². The third kappa shape index (κ3) is 3.38. The highest BCUT2D eigenvalue weighted by Crippen LogP contribution is 2.18. The first-order valence-corrected chi connectivity index (χ1v) is 6.49. The third-order valence-corrected chi connectivity index (χ3v) is 3.73. The average Bonchev–Trinajstić information content (AvgIpc) is 2.64. The summed E-state index contributed by atoms with van der Waals surface area (Å²) in [5.41, 5.74) is 2.35. The fourth-order valence-corrected chi connectivity index (χ4v) is 2.80. The van der Waals surface area contributed by atoms with E-state index >= 15 is 0 Å². The van der Waals surface area contributed by atoms with Gasteiger partial charge in [0.05, 0.1) is 0 Å². The lowest BCUT2D eigenvalue weighted by atomic mass is 10.2. The molecule has 0 radical (unpaired) electrons. The van der Waals surface area contributed by atoms with Gasteiger partial charge in [-0.1, -0.05) is 12.1 Å². The summed E-state index contributed by atoms with van der Waals surface area (Å²) in [4.78, 5) is 3.58. The Morgan fingerprint density at radius 3 is 2.71 bits per heavy atom. The van der Waals surface area contributed by atoms with Crippen molar-refractivity contribution in [2.45, 2.75) is 20.0 Å². The second kappa shape index (κ2) is 5.43. The van der Waals surface area contributed by atoms with Gasteiger partial charge >= 0.3 is 0 Å². The van der Waals surface area contributed by atoms with E-state index in [2.05, 4.69) is 30.3 Å². The maximum Gasteiger partial charge on any atom is 0.123 e. The zero-order chi connectivity index (χ0) is 12.3. The minimum absolute atomic E-state index is 0.164. The van der Waals surface area contributed by atoms with Crippen molar-refractivity contribution in [1.82, 2.24) is 4.90 Å². The molecule has 0 amide bonds. The molecule has 2 rings (SSSR count). The van der Waals surface area contributed by atoms with Crippen LogP contribution in [0.15, 0.2) is 35.7 Å². The van der Waals surface area contributed by atoms with Gasteiger partial charge in [0.25, 0.3) is 0 Å². The molecule has 1 aromatic carbocycles. The van der Waals surface area contributed by atoms with Crippen molar-refractivity contribution < 1.29 is 4.39 Å². The number of halogens is 1. The van der Waals surface area contributed by atoms with E-state index in [-0.39, 0.29) is 5.82 Å². The largest absolute Gasteiger partial charge is 0.297 e. The first kappa shape index (κ1) is 12.3. The van der Waals surface area contributed by atoms with E-state index in [1.165, 1.54) is 16.5 Å². The number of thiophene rings is 1. The Kier molecular flexibility index (Phi) is 3.92. The van der Waals surface area contributed by atoms with Gasteiger partial charge in [-0.15, -0.1) is 11.3 Å². The van der Waals surface area contributed by atoms with Crippen molar-refractivity contribution in [3.05, 3.63) is 57.5 Å². The highest BCUT2D eigenvalue weighted by atomic mass is 32.1. The Hall–Kier alpha value is -1.19. The van der Waals surface area contributed by atoms with Crippen LogP contribution in [-0.4, -0.2) is 11.9 Å². The van der Waals surface area contributed by atoms with Crippen molar-refractivity contribution in [1.29, 1.82) is 0 Å². The van der Waals surface area contributed by atoms with Crippen LogP contribution in [0.5, 0.6) is 0 Å². The van der Waals surface area contributed by atoms with Crippen molar-refractivity contribution >= 4 is 11.3 Å². The van der Waals surface area contributed by atoms with Gasteiger partial charge in [-0.2, -0.15) is 0 Å². The zero-order valence-electron chi connectivity index (χ0n) is 10.1. The second-order valence-electron chi connectivity index (χ2n) is 4.33. The summed E-state index contributed by atoms with van der Waals surface area (Å²) < 4.78 is 13.0. The summed E-state index contributed by atoms with van der Waals surface area (Å²) in [5.74, 6) is -0.164. The van der Waals surface area contributed by atoms with Crippen LogP contribution in [0, 0.1) is 12.7 Å². The molecular formula is C14H16FNS. The van der Waals surface area contributed by atoms with Gasteiger partial charge in [0, 0.05) is 18.0 Å². The van der Waals surface area contributed by atoms with Gasteiger partial charge in [0.15, 0.2) is 0 Å². The molecule has 0 spiro atoms. The van der Waals surface area contributed by atoms with Gasteiger partial charge in [-0.25, -0.2) is 4.39 Å². The van der Waals surface area contributed by atoms with E-state index in [1.807, 2.05) is 6.07 Å². The van der Waals surface area contributed by atoms with Crippen LogP contribution < -0.4 is 0 Å². The minimum Gasteiger partial charge on any atom is -0.297 e. The molecule has 0 aliphatic heterocycles. The van der Waals surface area contributed by atoms with E-state index in [0.717, 1.165) is 18.7 Å². The Morgan fingerprint density at radius 1 is 1.24 bits per heavy atom. The first-order chi connectivity index (χ1) is 8.15. The molecule has 0 saturated carbocycles. The molecule has 90 valence electrons. The fraction of sp³-hybridized carbons (Fsp3) is 0.286. The minimum atomic E-state index is -0.164. The lowest BCUT2D eigenvalue weighted by Crippen LogP contribution is -2.17. The number of nitrogens with zero attached hydrogens (tertiary/aromatic N) is 1. The predicted molar refractivity (Wildman–Crippen MR) is 70.6 cm³/mol. The van der Waals surface area contributed by atoms with Crippen LogP contribution in [0.3, 0.4) is 0 Å². The molecule has 2 aromatic rings. The molecule has 1 aromatic heterocycles. The summed E-state index contributed by atoms with van der Waals surface area (Å²) in [6, 6.07) is 8.93. The summed E-state index contributed by atoms with van der Waals surface area (Å²) in [7, 11) is 2.06.